The summed E-state index contributed by atoms with van der Waals surface area (Å²) in [4.78, 5) is 27.3. The molecule has 4 atom stereocenters. The normalized spacial score (nSPS) is 27.6. The monoisotopic (exact) mass is 448 g/mol. The highest BCUT2D eigenvalue weighted by atomic mass is 16.2. The Bertz CT molecular complexity index is 965. The minimum absolute atomic E-state index is 0.108. The number of amides is 1. The van der Waals surface area contributed by atoms with Crippen molar-refractivity contribution in [2.75, 3.05) is 32.1 Å². The molecule has 1 aromatic carbocycles. The second-order valence-electron chi connectivity index (χ2n) is 10.0. The van der Waals surface area contributed by atoms with Crippen molar-refractivity contribution >= 4 is 11.9 Å². The minimum Gasteiger partial charge on any atom is -0.347 e. The molecule has 2 saturated heterocycles. The molecule has 0 bridgehead atoms. The molecule has 176 valence electrons. The third kappa shape index (κ3) is 4.62. The van der Waals surface area contributed by atoms with Crippen molar-refractivity contribution in [3.8, 4) is 11.1 Å². The molecule has 1 aliphatic carbocycles. The van der Waals surface area contributed by atoms with E-state index in [1.807, 2.05) is 31.3 Å². The summed E-state index contributed by atoms with van der Waals surface area (Å²) in [6.07, 6.45) is 10.1. The Kier molecular flexibility index (Phi) is 6.60. The fourth-order valence-electron chi connectivity index (χ4n) is 5.81. The highest BCUT2D eigenvalue weighted by molar-refractivity contribution is 5.83. The van der Waals surface area contributed by atoms with Gasteiger partial charge in [-0.05, 0) is 31.2 Å². The Morgan fingerprint density at radius 2 is 1.85 bits per heavy atom. The largest absolute Gasteiger partial charge is 0.347 e. The lowest BCUT2D eigenvalue weighted by molar-refractivity contribution is -0.135. The summed E-state index contributed by atoms with van der Waals surface area (Å²) < 4.78 is 0. The highest BCUT2D eigenvalue weighted by Crippen LogP contribution is 2.35. The van der Waals surface area contributed by atoms with E-state index in [2.05, 4.69) is 45.0 Å². The maximum atomic E-state index is 13.7. The van der Waals surface area contributed by atoms with Gasteiger partial charge in [-0.1, -0.05) is 49.6 Å². The van der Waals surface area contributed by atoms with Crippen LogP contribution in [0.1, 0.15) is 56.6 Å². The number of nitrogens with zero attached hydrogens (tertiary/aromatic N) is 4. The van der Waals surface area contributed by atoms with E-state index < -0.39 is 0 Å². The number of nitrogens with one attached hydrogen (secondary N) is 2. The summed E-state index contributed by atoms with van der Waals surface area (Å²) in [6, 6.07) is 10.7. The maximum absolute atomic E-state index is 13.7. The van der Waals surface area contributed by atoms with E-state index in [0.717, 1.165) is 55.1 Å². The van der Waals surface area contributed by atoms with Crippen LogP contribution in [0.4, 0.5) is 5.95 Å². The van der Waals surface area contributed by atoms with Crippen molar-refractivity contribution in [2.45, 2.75) is 62.9 Å². The summed E-state index contributed by atoms with van der Waals surface area (Å²) in [7, 11) is 3.94. The predicted molar refractivity (Wildman–Crippen MR) is 131 cm³/mol. The molecule has 2 aromatic rings. The average Bonchev–Trinajstić information content (AvgIpc) is 3.11. The van der Waals surface area contributed by atoms with Crippen LogP contribution >= 0.6 is 0 Å². The summed E-state index contributed by atoms with van der Waals surface area (Å²) in [5.41, 5.74) is 10.1. The van der Waals surface area contributed by atoms with Crippen molar-refractivity contribution in [1.82, 2.24) is 25.7 Å². The van der Waals surface area contributed by atoms with Crippen molar-refractivity contribution in [3.05, 3.63) is 42.2 Å². The van der Waals surface area contributed by atoms with Crippen molar-refractivity contribution < 1.29 is 4.79 Å². The minimum atomic E-state index is -0.108. The van der Waals surface area contributed by atoms with E-state index in [1.165, 1.54) is 25.7 Å². The van der Waals surface area contributed by atoms with E-state index >= 15 is 0 Å². The van der Waals surface area contributed by atoms with Crippen molar-refractivity contribution in [1.29, 1.82) is 0 Å². The van der Waals surface area contributed by atoms with Crippen molar-refractivity contribution in [2.24, 2.45) is 5.92 Å². The summed E-state index contributed by atoms with van der Waals surface area (Å²) in [5.74, 6) is 1.58. The summed E-state index contributed by atoms with van der Waals surface area (Å²) in [5, 5.41) is 0. The topological polar surface area (TPSA) is 73.4 Å². The lowest BCUT2D eigenvalue weighted by Crippen LogP contribution is -2.50. The third-order valence-electron chi connectivity index (χ3n) is 7.60. The first-order valence-electron chi connectivity index (χ1n) is 12.5. The molecule has 7 nitrogen and oxygen atoms in total. The molecule has 0 radical (unpaired) electrons. The standard InChI is InChI=1S/C26H36N6O/c1-31(2)26-27-16-21(18-10-5-3-6-11-18)23(28-26)19-12-9-15-32(17-19)25(33)24-20-13-7-4-8-14-22(20)29-30-24/h3,5-6,10-11,16,19-20,22,24,29-30H,4,7-9,12-15,17H2,1-2H3. The van der Waals surface area contributed by atoms with Gasteiger partial charge in [-0.25, -0.2) is 15.4 Å². The Hall–Kier alpha value is -2.51. The highest BCUT2D eigenvalue weighted by Gasteiger charge is 2.42. The van der Waals surface area contributed by atoms with Crippen molar-refractivity contribution in [3.63, 3.8) is 0 Å². The number of carbonyl (C=O) groups excluding carboxylic acids is 1. The van der Waals surface area contributed by atoms with Crippen LogP contribution in [0.5, 0.6) is 0 Å². The summed E-state index contributed by atoms with van der Waals surface area (Å²) >= 11 is 0. The lowest BCUT2D eigenvalue weighted by Gasteiger charge is -2.36. The number of fused-ring (bicyclic) bond motifs is 1. The first-order valence-corrected chi connectivity index (χ1v) is 12.5. The lowest BCUT2D eigenvalue weighted by atomic mass is 9.87. The van der Waals surface area contributed by atoms with Gasteiger partial charge in [0.2, 0.25) is 11.9 Å². The molecule has 0 spiro atoms. The number of likely N-dealkylation sites (tertiary alicyclic amines) is 1. The zero-order valence-electron chi connectivity index (χ0n) is 19.8. The number of hydrogen-bond donors (Lipinski definition) is 2. The number of hydrazine groups is 1. The van der Waals surface area contributed by atoms with Gasteiger partial charge in [-0.3, -0.25) is 10.2 Å². The SMILES string of the molecule is CN(C)c1ncc(-c2ccccc2)c(C2CCCN(C(=O)C3NNC4CCCCCC43)C2)n1. The van der Waals surface area contributed by atoms with Crippen LogP contribution in [-0.2, 0) is 4.79 Å². The molecule has 1 saturated carbocycles. The van der Waals surface area contributed by atoms with Crippen LogP contribution in [0.25, 0.3) is 11.1 Å². The number of benzene rings is 1. The van der Waals surface area contributed by atoms with Crippen LogP contribution in [-0.4, -0.2) is 60.0 Å². The Labute approximate surface area is 197 Å². The van der Waals surface area contributed by atoms with E-state index in [4.69, 9.17) is 4.98 Å². The van der Waals surface area contributed by atoms with Gasteiger partial charge in [0, 0.05) is 56.8 Å². The molecular weight excluding hydrogens is 412 g/mol. The van der Waals surface area contributed by atoms with Crippen LogP contribution in [0.2, 0.25) is 0 Å². The number of rotatable bonds is 4. The fourth-order valence-corrected chi connectivity index (χ4v) is 5.81. The van der Waals surface area contributed by atoms with Gasteiger partial charge < -0.3 is 9.80 Å². The first-order chi connectivity index (χ1) is 16.1. The molecule has 1 amide bonds. The second kappa shape index (κ2) is 9.77. The van der Waals surface area contributed by atoms with Gasteiger partial charge in [0.1, 0.15) is 6.04 Å². The fraction of sp³-hybridized carbons (Fsp3) is 0.577. The summed E-state index contributed by atoms with van der Waals surface area (Å²) in [6.45, 7) is 1.55. The van der Waals surface area contributed by atoms with E-state index in [-0.39, 0.29) is 17.9 Å². The van der Waals surface area contributed by atoms with Gasteiger partial charge >= 0.3 is 0 Å². The predicted octanol–water partition coefficient (Wildman–Crippen LogP) is 3.34. The Morgan fingerprint density at radius 1 is 1.03 bits per heavy atom. The molecule has 5 rings (SSSR count). The van der Waals surface area contributed by atoms with Gasteiger partial charge in [0.15, 0.2) is 0 Å². The van der Waals surface area contributed by atoms with Gasteiger partial charge in [-0.15, -0.1) is 0 Å². The zero-order valence-corrected chi connectivity index (χ0v) is 19.8. The molecule has 33 heavy (non-hydrogen) atoms. The molecule has 3 heterocycles. The molecule has 2 N–H and O–H groups in total. The third-order valence-corrected chi connectivity index (χ3v) is 7.60. The number of carbonyl (C=O) groups is 1. The molecule has 2 aliphatic heterocycles. The maximum Gasteiger partial charge on any atom is 0.241 e. The van der Waals surface area contributed by atoms with Crippen LogP contribution in [0.15, 0.2) is 36.5 Å². The number of hydrogen-bond acceptors (Lipinski definition) is 6. The molecule has 3 fully saturated rings. The van der Waals surface area contributed by atoms with E-state index in [9.17, 15) is 4.79 Å². The van der Waals surface area contributed by atoms with Gasteiger partial charge in [0.25, 0.3) is 0 Å². The molecule has 1 aromatic heterocycles. The number of anilines is 1. The second-order valence-corrected chi connectivity index (χ2v) is 10.0. The average molecular weight is 449 g/mol. The van der Waals surface area contributed by atoms with Gasteiger partial charge in [-0.2, -0.15) is 0 Å². The van der Waals surface area contributed by atoms with Crippen LogP contribution in [0.3, 0.4) is 0 Å². The number of piperidine rings is 1. The Morgan fingerprint density at radius 3 is 2.67 bits per heavy atom. The Balaban J connectivity index is 1.39. The van der Waals surface area contributed by atoms with E-state index in [1.54, 1.807) is 0 Å². The molecule has 7 heteroatoms. The molecule has 3 aliphatic rings. The van der Waals surface area contributed by atoms with Gasteiger partial charge in [0.05, 0.1) is 5.69 Å². The number of aromatic nitrogens is 2. The van der Waals surface area contributed by atoms with Crippen LogP contribution in [0, 0.1) is 5.92 Å². The smallest absolute Gasteiger partial charge is 0.241 e. The molecule has 4 unspecified atom stereocenters. The van der Waals surface area contributed by atoms with Crippen LogP contribution < -0.4 is 15.8 Å². The van der Waals surface area contributed by atoms with E-state index in [0.29, 0.717) is 12.0 Å². The zero-order chi connectivity index (χ0) is 22.8. The first kappa shape index (κ1) is 22.3. The molecular formula is C26H36N6O. The quantitative estimate of drug-likeness (QED) is 0.747.